The number of thiazole rings is 1. The second-order valence-corrected chi connectivity index (χ2v) is 11.0. The summed E-state index contributed by atoms with van der Waals surface area (Å²) < 4.78 is 30.6. The van der Waals surface area contributed by atoms with Gasteiger partial charge in [0.25, 0.3) is 0 Å². The SMILES string of the molecule is Nc1nc2c(-c3c(Cl)cc4c(N5CC6CCC(C5)N6C(=O)[C@H]5CN5)nc(O)nc4c3F)ccc(F)c2s1. The lowest BCUT2D eigenvalue weighted by Gasteiger charge is -2.41. The summed E-state index contributed by atoms with van der Waals surface area (Å²) in [5, 5.41) is 14.0. The summed E-state index contributed by atoms with van der Waals surface area (Å²) in [6.07, 6.45) is 1.73. The number of halogens is 3. The average Bonchev–Trinajstić information content (AvgIpc) is 3.58. The van der Waals surface area contributed by atoms with E-state index in [-0.39, 0.29) is 61.0 Å². The minimum absolute atomic E-state index is 0.00280. The number of aromatic hydroxyl groups is 1. The van der Waals surface area contributed by atoms with Crippen molar-refractivity contribution < 1.29 is 18.7 Å². The molecule has 2 unspecified atom stereocenters. The number of aromatic nitrogens is 3. The lowest BCUT2D eigenvalue weighted by atomic mass is 10.0. The molecule has 7 rings (SSSR count). The molecule has 37 heavy (non-hydrogen) atoms. The maximum atomic E-state index is 16.1. The molecule has 3 aliphatic heterocycles. The van der Waals surface area contributed by atoms with Gasteiger partial charge >= 0.3 is 6.01 Å². The standard InChI is InChI=1S/C24H20ClF2N7O2S/c25-13-5-12-18(17(27)16(13)11-3-4-14(26)20-19(11)30-23(28)37-20)31-24(36)32-21(12)33-7-9-1-2-10(8-33)34(9)22(35)15-6-29-15/h3-5,9-10,15,29H,1-2,6-8H2,(H2,28,30)(H,31,32,36)/t9?,10?,15-/m1/s1. The van der Waals surface area contributed by atoms with Crippen LogP contribution in [0.15, 0.2) is 18.2 Å². The molecule has 4 N–H and O–H groups in total. The van der Waals surface area contributed by atoms with Crippen molar-refractivity contribution in [3.63, 3.8) is 0 Å². The number of nitrogens with one attached hydrogen (secondary N) is 1. The molecule has 0 radical (unpaired) electrons. The fraction of sp³-hybridized carbons (Fsp3) is 0.333. The molecule has 190 valence electrons. The van der Waals surface area contributed by atoms with Crippen LogP contribution in [-0.2, 0) is 4.79 Å². The van der Waals surface area contributed by atoms with Crippen molar-refractivity contribution in [2.75, 3.05) is 30.3 Å². The van der Waals surface area contributed by atoms with Gasteiger partial charge in [-0.2, -0.15) is 9.97 Å². The summed E-state index contributed by atoms with van der Waals surface area (Å²) in [6, 6.07) is 3.50. The van der Waals surface area contributed by atoms with Gasteiger partial charge in [-0.3, -0.25) is 4.79 Å². The second-order valence-electron chi connectivity index (χ2n) is 9.61. The van der Waals surface area contributed by atoms with Crippen molar-refractivity contribution in [1.29, 1.82) is 0 Å². The zero-order chi connectivity index (χ0) is 25.6. The lowest BCUT2D eigenvalue weighted by Crippen LogP contribution is -2.57. The van der Waals surface area contributed by atoms with E-state index >= 15 is 4.39 Å². The maximum absolute atomic E-state index is 16.1. The predicted molar refractivity (Wildman–Crippen MR) is 137 cm³/mol. The van der Waals surface area contributed by atoms with Crippen molar-refractivity contribution in [2.45, 2.75) is 31.0 Å². The van der Waals surface area contributed by atoms with E-state index in [0.29, 0.717) is 30.8 Å². The largest absolute Gasteiger partial charge is 0.479 e. The molecule has 13 heteroatoms. The number of benzene rings is 2. The van der Waals surface area contributed by atoms with Crippen LogP contribution in [0.2, 0.25) is 5.02 Å². The van der Waals surface area contributed by atoms with E-state index < -0.39 is 17.6 Å². The third kappa shape index (κ3) is 3.50. The monoisotopic (exact) mass is 543 g/mol. The number of nitrogens with zero attached hydrogens (tertiary/aromatic N) is 5. The number of hydrogen-bond donors (Lipinski definition) is 3. The molecular formula is C24H20ClF2N7O2S. The van der Waals surface area contributed by atoms with Gasteiger partial charge in [0.15, 0.2) is 10.9 Å². The number of piperazine rings is 1. The summed E-state index contributed by atoms with van der Waals surface area (Å²) in [5.74, 6) is -0.824. The minimum Gasteiger partial charge on any atom is -0.479 e. The molecule has 0 aliphatic carbocycles. The fourth-order valence-corrected chi connectivity index (χ4v) is 6.76. The van der Waals surface area contributed by atoms with Gasteiger partial charge in [0.05, 0.1) is 21.3 Å². The first kappa shape index (κ1) is 22.8. The van der Waals surface area contributed by atoms with Crippen LogP contribution in [0.4, 0.5) is 19.7 Å². The average molecular weight is 544 g/mol. The summed E-state index contributed by atoms with van der Waals surface area (Å²) in [7, 11) is 0. The molecule has 3 atom stereocenters. The van der Waals surface area contributed by atoms with Crippen molar-refractivity contribution in [3.05, 3.63) is 34.9 Å². The number of carbonyl (C=O) groups is 1. The third-order valence-electron chi connectivity index (χ3n) is 7.37. The van der Waals surface area contributed by atoms with Crippen molar-refractivity contribution >= 4 is 60.9 Å². The highest BCUT2D eigenvalue weighted by molar-refractivity contribution is 7.22. The molecule has 5 heterocycles. The van der Waals surface area contributed by atoms with E-state index in [2.05, 4.69) is 20.3 Å². The Labute approximate surface area is 217 Å². The molecule has 1 amide bonds. The zero-order valence-corrected chi connectivity index (χ0v) is 20.8. The van der Waals surface area contributed by atoms with Crippen LogP contribution >= 0.6 is 22.9 Å². The van der Waals surface area contributed by atoms with E-state index in [0.717, 1.165) is 24.2 Å². The van der Waals surface area contributed by atoms with Crippen molar-refractivity contribution in [1.82, 2.24) is 25.2 Å². The first-order chi connectivity index (χ1) is 17.8. The van der Waals surface area contributed by atoms with Crippen LogP contribution in [0.25, 0.3) is 32.2 Å². The number of rotatable bonds is 3. The predicted octanol–water partition coefficient (Wildman–Crippen LogP) is 3.28. The summed E-state index contributed by atoms with van der Waals surface area (Å²) >= 11 is 7.59. The van der Waals surface area contributed by atoms with E-state index in [4.69, 9.17) is 17.3 Å². The highest BCUT2D eigenvalue weighted by Crippen LogP contribution is 2.43. The Morgan fingerprint density at radius 3 is 2.59 bits per heavy atom. The van der Waals surface area contributed by atoms with Crippen LogP contribution in [0.3, 0.4) is 0 Å². The van der Waals surface area contributed by atoms with Gasteiger partial charge < -0.3 is 26.0 Å². The summed E-state index contributed by atoms with van der Waals surface area (Å²) in [6.45, 7) is 1.70. The van der Waals surface area contributed by atoms with Gasteiger partial charge in [-0.25, -0.2) is 13.8 Å². The number of fused-ring (bicyclic) bond motifs is 4. The van der Waals surface area contributed by atoms with Gasteiger partial charge in [0.2, 0.25) is 5.91 Å². The van der Waals surface area contributed by atoms with Crippen LogP contribution in [0.5, 0.6) is 6.01 Å². The van der Waals surface area contributed by atoms with Crippen LogP contribution in [-0.4, -0.2) is 68.6 Å². The number of carbonyl (C=O) groups excluding carboxylic acids is 1. The number of nitrogen functional groups attached to an aromatic ring is 1. The van der Waals surface area contributed by atoms with Crippen molar-refractivity contribution in [3.8, 4) is 17.1 Å². The third-order valence-corrected chi connectivity index (χ3v) is 8.57. The molecule has 3 fully saturated rings. The molecule has 0 saturated carbocycles. The van der Waals surface area contributed by atoms with Crippen LogP contribution in [0.1, 0.15) is 12.8 Å². The quantitative estimate of drug-likeness (QED) is 0.336. The Kier molecular flexibility index (Phi) is 4.98. The van der Waals surface area contributed by atoms with Gasteiger partial charge in [-0.15, -0.1) is 0 Å². The van der Waals surface area contributed by atoms with Gasteiger partial charge in [-0.1, -0.05) is 22.9 Å². The smallest absolute Gasteiger partial charge is 0.316 e. The summed E-state index contributed by atoms with van der Waals surface area (Å²) in [4.78, 5) is 29.1. The second kappa shape index (κ2) is 8.07. The highest BCUT2D eigenvalue weighted by Gasteiger charge is 2.47. The molecule has 2 aromatic heterocycles. The minimum atomic E-state index is -0.780. The Balaban J connectivity index is 1.34. The Morgan fingerprint density at radius 2 is 1.89 bits per heavy atom. The molecule has 0 spiro atoms. The maximum Gasteiger partial charge on any atom is 0.316 e. The Morgan fingerprint density at radius 1 is 1.16 bits per heavy atom. The Hall–Kier alpha value is -3.35. The van der Waals surface area contributed by atoms with E-state index in [1.54, 1.807) is 6.07 Å². The van der Waals surface area contributed by atoms with E-state index in [9.17, 15) is 14.3 Å². The van der Waals surface area contributed by atoms with Gasteiger partial charge in [0.1, 0.15) is 17.2 Å². The van der Waals surface area contributed by atoms with Crippen molar-refractivity contribution in [2.24, 2.45) is 0 Å². The Bertz CT molecular complexity index is 1610. The first-order valence-electron chi connectivity index (χ1n) is 11.8. The highest BCUT2D eigenvalue weighted by atomic mass is 35.5. The van der Waals surface area contributed by atoms with Gasteiger partial charge in [-0.05, 0) is 31.0 Å². The normalized spacial score (nSPS) is 22.8. The molecule has 3 saturated heterocycles. The molecule has 4 aromatic rings. The number of hydrogen-bond acceptors (Lipinski definition) is 9. The first-order valence-corrected chi connectivity index (χ1v) is 13.0. The van der Waals surface area contributed by atoms with Crippen LogP contribution in [0, 0.1) is 11.6 Å². The van der Waals surface area contributed by atoms with E-state index in [1.165, 1.54) is 12.1 Å². The molecular weight excluding hydrogens is 524 g/mol. The number of amides is 1. The lowest BCUT2D eigenvalue weighted by molar-refractivity contribution is -0.133. The topological polar surface area (TPSA) is 130 Å². The molecule has 2 aromatic carbocycles. The molecule has 9 nitrogen and oxygen atoms in total. The number of nitrogens with two attached hydrogens (primary N) is 1. The van der Waals surface area contributed by atoms with Gasteiger partial charge in [0, 0.05) is 48.2 Å². The zero-order valence-electron chi connectivity index (χ0n) is 19.2. The summed E-state index contributed by atoms with van der Waals surface area (Å²) in [5.41, 5.74) is 6.14. The number of anilines is 2. The molecule has 3 aliphatic rings. The molecule has 2 bridgehead atoms. The van der Waals surface area contributed by atoms with Crippen LogP contribution < -0.4 is 16.0 Å². The van der Waals surface area contributed by atoms with E-state index in [1.807, 2.05) is 9.80 Å². The fourth-order valence-electron chi connectivity index (χ4n) is 5.70.